The largest absolute Gasteiger partial charge is 0.468 e. The normalized spacial score (nSPS) is 16.1. The zero-order valence-corrected chi connectivity index (χ0v) is 13.4. The van der Waals surface area contributed by atoms with Gasteiger partial charge in [-0.25, -0.2) is 0 Å². The second kappa shape index (κ2) is 7.96. The van der Waals surface area contributed by atoms with E-state index in [0.717, 1.165) is 18.5 Å². The summed E-state index contributed by atoms with van der Waals surface area (Å²) in [5, 5.41) is 7.03. The average Bonchev–Trinajstić information content (AvgIpc) is 2.71. The summed E-state index contributed by atoms with van der Waals surface area (Å²) in [6.45, 7) is 1.89. The SMILES string of the molecule is COC(=O)Cn1ncc(NC(=O)CC2CCCCCC2)c1C. The molecular formula is C16H25N3O3. The summed E-state index contributed by atoms with van der Waals surface area (Å²) < 4.78 is 6.16. The van der Waals surface area contributed by atoms with Crippen LogP contribution in [-0.2, 0) is 20.9 Å². The van der Waals surface area contributed by atoms with Crippen LogP contribution >= 0.6 is 0 Å². The molecule has 1 aliphatic carbocycles. The van der Waals surface area contributed by atoms with Crippen molar-refractivity contribution >= 4 is 17.6 Å². The van der Waals surface area contributed by atoms with Crippen LogP contribution in [-0.4, -0.2) is 28.8 Å². The van der Waals surface area contributed by atoms with Gasteiger partial charge in [0.1, 0.15) is 6.54 Å². The van der Waals surface area contributed by atoms with E-state index >= 15 is 0 Å². The fraction of sp³-hybridized carbons (Fsp3) is 0.688. The standard InChI is InChI=1S/C16H25N3O3/c1-12-14(10-17-19(12)11-16(21)22-2)18-15(20)9-13-7-5-3-4-6-8-13/h10,13H,3-9,11H2,1-2H3,(H,18,20). The molecule has 1 aromatic heterocycles. The quantitative estimate of drug-likeness (QED) is 0.670. The van der Waals surface area contributed by atoms with Gasteiger partial charge in [0.25, 0.3) is 0 Å². The molecule has 0 bridgehead atoms. The van der Waals surface area contributed by atoms with Gasteiger partial charge in [-0.2, -0.15) is 5.10 Å². The van der Waals surface area contributed by atoms with Gasteiger partial charge in [-0.05, 0) is 25.7 Å². The van der Waals surface area contributed by atoms with Gasteiger partial charge in [0.15, 0.2) is 0 Å². The highest BCUT2D eigenvalue weighted by Gasteiger charge is 2.18. The van der Waals surface area contributed by atoms with E-state index in [1.807, 2.05) is 6.92 Å². The van der Waals surface area contributed by atoms with Crippen molar-refractivity contribution in [1.82, 2.24) is 9.78 Å². The molecule has 0 aliphatic heterocycles. The Kier molecular flexibility index (Phi) is 5.98. The van der Waals surface area contributed by atoms with Crippen LogP contribution in [0.15, 0.2) is 6.20 Å². The van der Waals surface area contributed by atoms with E-state index in [1.54, 1.807) is 6.20 Å². The Morgan fingerprint density at radius 1 is 1.32 bits per heavy atom. The number of esters is 1. The predicted octanol–water partition coefficient (Wildman–Crippen LogP) is 2.66. The Morgan fingerprint density at radius 2 is 2.00 bits per heavy atom. The van der Waals surface area contributed by atoms with Gasteiger partial charge in [-0.3, -0.25) is 14.3 Å². The lowest BCUT2D eigenvalue weighted by molar-refractivity contribution is -0.141. The van der Waals surface area contributed by atoms with Gasteiger partial charge in [0, 0.05) is 6.42 Å². The maximum atomic E-state index is 12.2. The lowest BCUT2D eigenvalue weighted by Crippen LogP contribution is -2.17. The first-order valence-corrected chi connectivity index (χ1v) is 7.99. The molecule has 1 aromatic rings. The molecule has 0 radical (unpaired) electrons. The Hall–Kier alpha value is -1.85. The number of anilines is 1. The summed E-state index contributed by atoms with van der Waals surface area (Å²) in [6, 6.07) is 0. The highest BCUT2D eigenvalue weighted by atomic mass is 16.5. The van der Waals surface area contributed by atoms with E-state index in [0.29, 0.717) is 18.0 Å². The van der Waals surface area contributed by atoms with Crippen molar-refractivity contribution in [2.75, 3.05) is 12.4 Å². The number of carbonyl (C=O) groups excluding carboxylic acids is 2. The number of nitrogens with one attached hydrogen (secondary N) is 1. The summed E-state index contributed by atoms with van der Waals surface area (Å²) >= 11 is 0. The molecule has 1 aliphatic rings. The number of hydrogen-bond donors (Lipinski definition) is 1. The predicted molar refractivity (Wildman–Crippen MR) is 83.4 cm³/mol. The third-order valence-corrected chi connectivity index (χ3v) is 4.33. The third-order valence-electron chi connectivity index (χ3n) is 4.33. The molecular weight excluding hydrogens is 282 g/mol. The Bertz CT molecular complexity index is 517. The molecule has 1 amide bonds. The molecule has 22 heavy (non-hydrogen) atoms. The zero-order chi connectivity index (χ0) is 15.9. The zero-order valence-electron chi connectivity index (χ0n) is 13.4. The molecule has 0 saturated heterocycles. The van der Waals surface area contributed by atoms with Crippen LogP contribution in [0, 0.1) is 12.8 Å². The number of hydrogen-bond acceptors (Lipinski definition) is 4. The van der Waals surface area contributed by atoms with Crippen molar-refractivity contribution in [2.45, 2.75) is 58.4 Å². The molecule has 0 unspecified atom stereocenters. The van der Waals surface area contributed by atoms with E-state index in [4.69, 9.17) is 0 Å². The maximum absolute atomic E-state index is 12.2. The van der Waals surface area contributed by atoms with E-state index in [9.17, 15) is 9.59 Å². The summed E-state index contributed by atoms with van der Waals surface area (Å²) in [5.41, 5.74) is 1.43. The first-order chi connectivity index (χ1) is 10.6. The summed E-state index contributed by atoms with van der Waals surface area (Å²) in [5.74, 6) is 0.170. The highest BCUT2D eigenvalue weighted by Crippen LogP contribution is 2.26. The summed E-state index contributed by atoms with van der Waals surface area (Å²) in [4.78, 5) is 23.5. The first-order valence-electron chi connectivity index (χ1n) is 7.99. The van der Waals surface area contributed by atoms with E-state index in [-0.39, 0.29) is 18.4 Å². The van der Waals surface area contributed by atoms with Crippen LogP contribution in [0.4, 0.5) is 5.69 Å². The molecule has 0 atom stereocenters. The molecule has 1 fully saturated rings. The van der Waals surface area contributed by atoms with Crippen molar-refractivity contribution in [3.63, 3.8) is 0 Å². The molecule has 6 heteroatoms. The molecule has 122 valence electrons. The average molecular weight is 307 g/mol. The van der Waals surface area contributed by atoms with Crippen molar-refractivity contribution < 1.29 is 14.3 Å². The van der Waals surface area contributed by atoms with Crippen molar-refractivity contribution in [3.05, 3.63) is 11.9 Å². The molecule has 6 nitrogen and oxygen atoms in total. The van der Waals surface area contributed by atoms with Crippen molar-refractivity contribution in [3.8, 4) is 0 Å². The molecule has 1 heterocycles. The fourth-order valence-electron chi connectivity index (χ4n) is 2.95. The van der Waals surface area contributed by atoms with Gasteiger partial charge in [-0.1, -0.05) is 25.7 Å². The molecule has 1 saturated carbocycles. The monoisotopic (exact) mass is 307 g/mol. The number of nitrogens with zero attached hydrogens (tertiary/aromatic N) is 2. The van der Waals surface area contributed by atoms with E-state index in [1.165, 1.54) is 37.5 Å². The minimum absolute atomic E-state index is 0.0348. The second-order valence-corrected chi connectivity index (χ2v) is 5.99. The third kappa shape index (κ3) is 4.58. The van der Waals surface area contributed by atoms with Gasteiger partial charge in [0.05, 0.1) is 24.7 Å². The van der Waals surface area contributed by atoms with Crippen LogP contribution in [0.5, 0.6) is 0 Å². The maximum Gasteiger partial charge on any atom is 0.327 e. The van der Waals surface area contributed by atoms with Gasteiger partial charge < -0.3 is 10.1 Å². The van der Waals surface area contributed by atoms with Crippen LogP contribution in [0.1, 0.15) is 50.6 Å². The van der Waals surface area contributed by atoms with Crippen molar-refractivity contribution in [1.29, 1.82) is 0 Å². The fourth-order valence-corrected chi connectivity index (χ4v) is 2.95. The van der Waals surface area contributed by atoms with Gasteiger partial charge in [-0.15, -0.1) is 0 Å². The molecule has 0 spiro atoms. The van der Waals surface area contributed by atoms with Crippen LogP contribution in [0.3, 0.4) is 0 Å². The molecule has 0 aromatic carbocycles. The number of carbonyl (C=O) groups is 2. The minimum atomic E-state index is -0.359. The molecule has 2 rings (SSSR count). The number of amides is 1. The minimum Gasteiger partial charge on any atom is -0.468 e. The molecule has 1 N–H and O–H groups in total. The van der Waals surface area contributed by atoms with Crippen LogP contribution in [0.2, 0.25) is 0 Å². The Morgan fingerprint density at radius 3 is 2.64 bits per heavy atom. The number of aromatic nitrogens is 2. The first kappa shape index (κ1) is 16.5. The smallest absolute Gasteiger partial charge is 0.327 e. The van der Waals surface area contributed by atoms with Crippen LogP contribution in [0.25, 0.3) is 0 Å². The van der Waals surface area contributed by atoms with Crippen LogP contribution < -0.4 is 5.32 Å². The number of methoxy groups -OCH3 is 1. The van der Waals surface area contributed by atoms with Gasteiger partial charge in [0.2, 0.25) is 5.91 Å². The lowest BCUT2D eigenvalue weighted by Gasteiger charge is -2.13. The Labute approximate surface area is 131 Å². The van der Waals surface area contributed by atoms with Gasteiger partial charge >= 0.3 is 5.97 Å². The lowest BCUT2D eigenvalue weighted by atomic mass is 9.96. The number of ether oxygens (including phenoxy) is 1. The topological polar surface area (TPSA) is 73.2 Å². The van der Waals surface area contributed by atoms with E-state index < -0.39 is 0 Å². The van der Waals surface area contributed by atoms with Crippen molar-refractivity contribution in [2.24, 2.45) is 5.92 Å². The summed E-state index contributed by atoms with van der Waals surface area (Å²) in [7, 11) is 1.34. The highest BCUT2D eigenvalue weighted by molar-refractivity contribution is 5.91. The number of rotatable bonds is 5. The summed E-state index contributed by atoms with van der Waals surface area (Å²) in [6.07, 6.45) is 9.49. The second-order valence-electron chi connectivity index (χ2n) is 5.99. The van der Waals surface area contributed by atoms with E-state index in [2.05, 4.69) is 15.2 Å². The Balaban J connectivity index is 1.89.